The molecule has 0 saturated heterocycles. The maximum absolute atomic E-state index is 11.3. The maximum Gasteiger partial charge on any atom is 0.339 e. The van der Waals surface area contributed by atoms with E-state index in [0.29, 0.717) is 12.4 Å². The van der Waals surface area contributed by atoms with Crippen LogP contribution in [0.3, 0.4) is 0 Å². The Bertz CT molecular complexity index is 503. The van der Waals surface area contributed by atoms with Crippen LogP contribution in [0.2, 0.25) is 0 Å². The zero-order valence-electron chi connectivity index (χ0n) is 11.9. The molecule has 0 fully saturated rings. The van der Waals surface area contributed by atoms with Gasteiger partial charge in [-0.1, -0.05) is 39.2 Å². The third-order valence-electron chi connectivity index (χ3n) is 2.68. The Morgan fingerprint density at radius 3 is 2.20 bits per heavy atom. The van der Waals surface area contributed by atoms with Crippen molar-refractivity contribution in [2.24, 2.45) is 0 Å². The van der Waals surface area contributed by atoms with Crippen molar-refractivity contribution in [1.29, 1.82) is 0 Å². The summed E-state index contributed by atoms with van der Waals surface area (Å²) in [5.41, 5.74) is 0.955. The minimum atomic E-state index is -1.03. The standard InChI is InChI=1S/C16H20O4/c1-5-7-19-14-10-15(20-8-6-2)13(16(17)18)9-12(14)11(3)4/h5-6,9-11H,1-2,7-8H2,3-4H3,(H,17,18). The molecule has 0 aliphatic heterocycles. The first-order chi connectivity index (χ1) is 9.51. The van der Waals surface area contributed by atoms with E-state index in [9.17, 15) is 9.90 Å². The van der Waals surface area contributed by atoms with Gasteiger partial charge in [-0.3, -0.25) is 0 Å². The first-order valence-corrected chi connectivity index (χ1v) is 6.39. The van der Waals surface area contributed by atoms with Crippen molar-refractivity contribution in [3.05, 3.63) is 48.6 Å². The molecule has 1 aromatic carbocycles. The van der Waals surface area contributed by atoms with E-state index in [4.69, 9.17) is 9.47 Å². The topological polar surface area (TPSA) is 55.8 Å². The number of rotatable bonds is 8. The number of carboxylic acid groups (broad SMARTS) is 1. The number of hydrogen-bond acceptors (Lipinski definition) is 3. The molecule has 1 N–H and O–H groups in total. The van der Waals surface area contributed by atoms with Gasteiger partial charge in [0.05, 0.1) is 0 Å². The lowest BCUT2D eigenvalue weighted by Crippen LogP contribution is -2.07. The van der Waals surface area contributed by atoms with Crippen molar-refractivity contribution < 1.29 is 19.4 Å². The third-order valence-corrected chi connectivity index (χ3v) is 2.68. The summed E-state index contributed by atoms with van der Waals surface area (Å²) >= 11 is 0. The van der Waals surface area contributed by atoms with E-state index in [-0.39, 0.29) is 23.8 Å². The van der Waals surface area contributed by atoms with Crippen LogP contribution in [0.5, 0.6) is 11.5 Å². The fourth-order valence-corrected chi connectivity index (χ4v) is 1.74. The zero-order valence-corrected chi connectivity index (χ0v) is 11.9. The van der Waals surface area contributed by atoms with Crippen LogP contribution in [0.1, 0.15) is 35.7 Å². The van der Waals surface area contributed by atoms with Crippen LogP contribution in [0.25, 0.3) is 0 Å². The molecule has 1 aromatic rings. The average molecular weight is 276 g/mol. The molecular weight excluding hydrogens is 256 g/mol. The lowest BCUT2D eigenvalue weighted by molar-refractivity contribution is 0.0692. The second-order valence-corrected chi connectivity index (χ2v) is 4.55. The van der Waals surface area contributed by atoms with E-state index in [0.717, 1.165) is 5.56 Å². The molecule has 0 saturated carbocycles. The molecule has 0 aromatic heterocycles. The van der Waals surface area contributed by atoms with Crippen LogP contribution in [0.15, 0.2) is 37.4 Å². The van der Waals surface area contributed by atoms with Crippen LogP contribution in [-0.4, -0.2) is 24.3 Å². The molecule has 1 rings (SSSR count). The minimum Gasteiger partial charge on any atom is -0.489 e. The van der Waals surface area contributed by atoms with Crippen LogP contribution in [0.4, 0.5) is 0 Å². The third kappa shape index (κ3) is 3.88. The van der Waals surface area contributed by atoms with Crippen molar-refractivity contribution in [2.75, 3.05) is 13.2 Å². The second kappa shape index (κ2) is 7.38. The van der Waals surface area contributed by atoms with Gasteiger partial charge in [0.25, 0.3) is 0 Å². The number of carboxylic acids is 1. The first-order valence-electron chi connectivity index (χ1n) is 6.39. The maximum atomic E-state index is 11.3. The molecule has 0 spiro atoms. The Morgan fingerprint density at radius 1 is 1.20 bits per heavy atom. The summed E-state index contributed by atoms with van der Waals surface area (Å²) in [6.45, 7) is 11.7. The smallest absolute Gasteiger partial charge is 0.339 e. The van der Waals surface area contributed by atoms with Gasteiger partial charge in [-0.15, -0.1) is 0 Å². The van der Waals surface area contributed by atoms with Gasteiger partial charge in [0.1, 0.15) is 30.3 Å². The first kappa shape index (κ1) is 15.8. The molecule has 4 heteroatoms. The van der Waals surface area contributed by atoms with E-state index in [1.54, 1.807) is 24.3 Å². The summed E-state index contributed by atoms with van der Waals surface area (Å²) in [7, 11) is 0. The molecule has 0 aliphatic rings. The predicted molar refractivity (Wildman–Crippen MR) is 78.9 cm³/mol. The summed E-state index contributed by atoms with van der Waals surface area (Å²) in [6.07, 6.45) is 3.20. The summed E-state index contributed by atoms with van der Waals surface area (Å²) in [4.78, 5) is 11.3. The monoisotopic (exact) mass is 276 g/mol. The molecule has 0 unspecified atom stereocenters. The van der Waals surface area contributed by atoms with Gasteiger partial charge in [-0.05, 0) is 17.5 Å². The highest BCUT2D eigenvalue weighted by molar-refractivity contribution is 5.91. The van der Waals surface area contributed by atoms with Gasteiger partial charge in [0.2, 0.25) is 0 Å². The van der Waals surface area contributed by atoms with Crippen molar-refractivity contribution >= 4 is 5.97 Å². The molecule has 20 heavy (non-hydrogen) atoms. The highest BCUT2D eigenvalue weighted by Gasteiger charge is 2.18. The van der Waals surface area contributed by atoms with E-state index in [1.807, 2.05) is 13.8 Å². The van der Waals surface area contributed by atoms with Gasteiger partial charge < -0.3 is 14.6 Å². The molecule has 0 radical (unpaired) electrons. The van der Waals surface area contributed by atoms with Crippen molar-refractivity contribution in [1.82, 2.24) is 0 Å². The molecule has 0 atom stereocenters. The van der Waals surface area contributed by atoms with Gasteiger partial charge in [-0.2, -0.15) is 0 Å². The Morgan fingerprint density at radius 2 is 1.75 bits per heavy atom. The van der Waals surface area contributed by atoms with Gasteiger partial charge >= 0.3 is 5.97 Å². The van der Waals surface area contributed by atoms with E-state index >= 15 is 0 Å². The summed E-state index contributed by atoms with van der Waals surface area (Å²) in [5, 5.41) is 9.28. The van der Waals surface area contributed by atoms with E-state index in [2.05, 4.69) is 13.2 Å². The number of ether oxygens (including phenoxy) is 2. The Hall–Kier alpha value is -2.23. The van der Waals surface area contributed by atoms with Gasteiger partial charge in [-0.25, -0.2) is 4.79 Å². The Balaban J connectivity index is 3.30. The lowest BCUT2D eigenvalue weighted by Gasteiger charge is -2.17. The predicted octanol–water partition coefficient (Wildman–Crippen LogP) is 3.64. The minimum absolute atomic E-state index is 0.126. The molecular formula is C16H20O4. The normalized spacial score (nSPS) is 10.2. The SMILES string of the molecule is C=CCOc1cc(OCC=C)c(C(C)C)cc1C(=O)O. The summed E-state index contributed by atoms with van der Waals surface area (Å²) in [6, 6.07) is 3.22. The van der Waals surface area contributed by atoms with Gasteiger partial charge in [0, 0.05) is 6.07 Å². The molecule has 0 heterocycles. The van der Waals surface area contributed by atoms with Crippen LogP contribution >= 0.6 is 0 Å². The number of aromatic carboxylic acids is 1. The van der Waals surface area contributed by atoms with Crippen LogP contribution < -0.4 is 9.47 Å². The van der Waals surface area contributed by atoms with Crippen molar-refractivity contribution in [3.8, 4) is 11.5 Å². The van der Waals surface area contributed by atoms with E-state index < -0.39 is 5.97 Å². The fraction of sp³-hybridized carbons (Fsp3) is 0.312. The van der Waals surface area contributed by atoms with Crippen molar-refractivity contribution in [2.45, 2.75) is 19.8 Å². The van der Waals surface area contributed by atoms with Gasteiger partial charge in [0.15, 0.2) is 0 Å². The second-order valence-electron chi connectivity index (χ2n) is 4.55. The van der Waals surface area contributed by atoms with Crippen molar-refractivity contribution in [3.63, 3.8) is 0 Å². The van der Waals surface area contributed by atoms with Crippen LogP contribution in [-0.2, 0) is 0 Å². The Labute approximate surface area is 119 Å². The molecule has 108 valence electrons. The summed E-state index contributed by atoms with van der Waals surface area (Å²) in [5.74, 6) is 0.00688. The number of benzene rings is 1. The fourth-order valence-electron chi connectivity index (χ4n) is 1.74. The summed E-state index contributed by atoms with van der Waals surface area (Å²) < 4.78 is 11.0. The molecule has 0 bridgehead atoms. The van der Waals surface area contributed by atoms with E-state index in [1.165, 1.54) is 0 Å². The highest BCUT2D eigenvalue weighted by Crippen LogP contribution is 2.34. The highest BCUT2D eigenvalue weighted by atomic mass is 16.5. The molecule has 4 nitrogen and oxygen atoms in total. The Kier molecular flexibility index (Phi) is 5.84. The zero-order chi connectivity index (χ0) is 15.1. The number of hydrogen-bond donors (Lipinski definition) is 1. The quantitative estimate of drug-likeness (QED) is 0.736. The number of carbonyl (C=O) groups is 1. The average Bonchev–Trinajstić information content (AvgIpc) is 2.41. The largest absolute Gasteiger partial charge is 0.489 e. The van der Waals surface area contributed by atoms with Crippen LogP contribution in [0, 0.1) is 0 Å². The molecule has 0 aliphatic carbocycles. The lowest BCUT2D eigenvalue weighted by atomic mass is 9.99. The molecule has 0 amide bonds.